The first-order valence-electron chi connectivity index (χ1n) is 3.67. The fourth-order valence-corrected chi connectivity index (χ4v) is 1.45. The minimum absolute atomic E-state index is 0.361. The van der Waals surface area contributed by atoms with Crippen LogP contribution in [0.3, 0.4) is 0 Å². The van der Waals surface area contributed by atoms with Crippen molar-refractivity contribution in [1.82, 2.24) is 0 Å². The monoisotopic (exact) mass is 193 g/mol. The number of carbonyl (C=O) groups is 1. The predicted octanol–water partition coefficient (Wildman–Crippen LogP) is -0.399. The molecule has 0 bridgehead atoms. The van der Waals surface area contributed by atoms with E-state index in [1.807, 2.05) is 0 Å². The van der Waals surface area contributed by atoms with Gasteiger partial charge in [0.1, 0.15) is 6.04 Å². The summed E-state index contributed by atoms with van der Waals surface area (Å²) in [4.78, 5) is 10.8. The summed E-state index contributed by atoms with van der Waals surface area (Å²) in [5.74, 6) is 0.663. The van der Waals surface area contributed by atoms with Crippen LogP contribution in [0.25, 0.3) is 0 Å². The third-order valence-electron chi connectivity index (χ3n) is 1.16. The first-order valence-corrected chi connectivity index (χ1v) is 4.82. The molecule has 0 aliphatic heterocycles. The average molecular weight is 193 g/mol. The van der Waals surface area contributed by atoms with E-state index in [1.54, 1.807) is 6.92 Å². The molecule has 0 saturated carbocycles. The van der Waals surface area contributed by atoms with Crippen LogP contribution in [0, 0.1) is 0 Å². The number of aliphatic hydroxyl groups is 1. The Morgan fingerprint density at radius 2 is 2.25 bits per heavy atom. The predicted molar refractivity (Wildman–Crippen MR) is 49.0 cm³/mol. The second-order valence-corrected chi connectivity index (χ2v) is 3.59. The molecule has 2 unspecified atom stereocenters. The highest BCUT2D eigenvalue weighted by Crippen LogP contribution is 2.04. The maximum Gasteiger partial charge on any atom is 0.323 e. The number of rotatable bonds is 5. The van der Waals surface area contributed by atoms with Gasteiger partial charge >= 0.3 is 5.97 Å². The van der Waals surface area contributed by atoms with E-state index in [4.69, 9.17) is 10.8 Å². The van der Waals surface area contributed by atoms with Crippen molar-refractivity contribution in [3.8, 4) is 0 Å². The van der Waals surface area contributed by atoms with Crippen LogP contribution < -0.4 is 5.73 Å². The number of aliphatic hydroxyl groups excluding tert-OH is 1. The van der Waals surface area contributed by atoms with Crippen LogP contribution in [0.2, 0.25) is 0 Å². The molecule has 4 nitrogen and oxygen atoms in total. The number of carbonyl (C=O) groups excluding carboxylic acids is 1. The Balaban J connectivity index is 3.43. The maximum absolute atomic E-state index is 10.8. The molecule has 0 aromatic rings. The molecule has 12 heavy (non-hydrogen) atoms. The van der Waals surface area contributed by atoms with Crippen LogP contribution in [-0.4, -0.2) is 41.8 Å². The topological polar surface area (TPSA) is 72.5 Å². The molecule has 5 heteroatoms. The van der Waals surface area contributed by atoms with Gasteiger partial charge in [0.25, 0.3) is 0 Å². The Kier molecular flexibility index (Phi) is 6.14. The zero-order chi connectivity index (χ0) is 9.56. The van der Waals surface area contributed by atoms with Crippen LogP contribution >= 0.6 is 11.8 Å². The molecule has 2 atom stereocenters. The van der Waals surface area contributed by atoms with Crippen molar-refractivity contribution in [2.75, 3.05) is 18.6 Å². The Labute approximate surface area is 76.5 Å². The Bertz CT molecular complexity index is 141. The number of nitrogens with two attached hydrogens (primary N) is 1. The molecule has 0 amide bonds. The molecule has 72 valence electrons. The van der Waals surface area contributed by atoms with Gasteiger partial charge in [0, 0.05) is 11.5 Å². The van der Waals surface area contributed by atoms with Gasteiger partial charge in [-0.15, -0.1) is 0 Å². The molecule has 0 aromatic heterocycles. The van der Waals surface area contributed by atoms with Gasteiger partial charge in [-0.1, -0.05) is 0 Å². The Morgan fingerprint density at radius 1 is 1.67 bits per heavy atom. The van der Waals surface area contributed by atoms with Crippen LogP contribution in [0.15, 0.2) is 0 Å². The smallest absolute Gasteiger partial charge is 0.323 e. The third-order valence-corrected chi connectivity index (χ3v) is 2.47. The summed E-state index contributed by atoms with van der Waals surface area (Å²) in [5, 5.41) is 8.88. The lowest BCUT2D eigenvalue weighted by atomic mass is 10.4. The van der Waals surface area contributed by atoms with Crippen LogP contribution in [0.4, 0.5) is 0 Å². The number of hydrogen-bond donors (Lipinski definition) is 2. The van der Waals surface area contributed by atoms with E-state index < -0.39 is 12.0 Å². The summed E-state index contributed by atoms with van der Waals surface area (Å²) in [6.07, 6.45) is -0.361. The van der Waals surface area contributed by atoms with Crippen LogP contribution in [-0.2, 0) is 9.53 Å². The van der Waals surface area contributed by atoms with Gasteiger partial charge in [-0.3, -0.25) is 4.79 Å². The quantitative estimate of drug-likeness (QED) is 0.581. The number of esters is 1. The summed E-state index contributed by atoms with van der Waals surface area (Å²) >= 11 is 1.44. The highest BCUT2D eigenvalue weighted by molar-refractivity contribution is 7.99. The first-order chi connectivity index (χ1) is 5.57. The molecule has 0 radical (unpaired) electrons. The minimum Gasteiger partial charge on any atom is -0.468 e. The summed E-state index contributed by atoms with van der Waals surface area (Å²) in [5.41, 5.74) is 5.44. The van der Waals surface area contributed by atoms with Gasteiger partial charge in [-0.05, 0) is 6.92 Å². The summed E-state index contributed by atoms with van der Waals surface area (Å²) in [7, 11) is 1.31. The largest absolute Gasteiger partial charge is 0.468 e. The molecule has 0 saturated heterocycles. The summed E-state index contributed by atoms with van der Waals surface area (Å²) in [6.45, 7) is 1.69. The molecular weight excluding hydrogens is 178 g/mol. The number of hydrogen-bond acceptors (Lipinski definition) is 5. The van der Waals surface area contributed by atoms with Crippen molar-refractivity contribution in [2.24, 2.45) is 5.73 Å². The second kappa shape index (κ2) is 6.28. The van der Waals surface area contributed by atoms with Gasteiger partial charge < -0.3 is 15.6 Å². The van der Waals surface area contributed by atoms with E-state index in [0.717, 1.165) is 0 Å². The molecular formula is C7H15NO3S. The average Bonchev–Trinajstić information content (AvgIpc) is 2.02. The molecule has 0 spiro atoms. The van der Waals surface area contributed by atoms with E-state index in [9.17, 15) is 4.79 Å². The van der Waals surface area contributed by atoms with Crippen molar-refractivity contribution in [2.45, 2.75) is 19.1 Å². The van der Waals surface area contributed by atoms with Crippen molar-refractivity contribution >= 4 is 17.7 Å². The standard InChI is InChI=1S/C7H15NO3S/c1-5(9)3-12-4-6(8)7(10)11-2/h5-6,9H,3-4,8H2,1-2H3. The van der Waals surface area contributed by atoms with E-state index in [-0.39, 0.29) is 6.10 Å². The molecule has 0 aliphatic carbocycles. The SMILES string of the molecule is COC(=O)C(N)CSCC(C)O. The van der Waals surface area contributed by atoms with Crippen molar-refractivity contribution in [1.29, 1.82) is 0 Å². The minimum atomic E-state index is -0.584. The Hall–Kier alpha value is -0.260. The second-order valence-electron chi connectivity index (χ2n) is 2.52. The van der Waals surface area contributed by atoms with E-state index in [2.05, 4.69) is 4.74 Å². The third kappa shape index (κ3) is 5.40. The summed E-state index contributed by atoms with van der Waals surface area (Å²) < 4.78 is 4.43. The van der Waals surface area contributed by atoms with Crippen molar-refractivity contribution < 1.29 is 14.6 Å². The van der Waals surface area contributed by atoms with Gasteiger partial charge in [0.15, 0.2) is 0 Å². The van der Waals surface area contributed by atoms with E-state index in [1.165, 1.54) is 18.9 Å². The van der Waals surface area contributed by atoms with Crippen molar-refractivity contribution in [3.63, 3.8) is 0 Å². The highest BCUT2D eigenvalue weighted by Gasteiger charge is 2.13. The first kappa shape index (κ1) is 11.7. The number of methoxy groups -OCH3 is 1. The normalized spacial score (nSPS) is 15.3. The fraction of sp³-hybridized carbons (Fsp3) is 0.857. The molecule has 0 fully saturated rings. The zero-order valence-corrected chi connectivity index (χ0v) is 8.13. The number of thioether (sulfide) groups is 1. The molecule has 0 aromatic carbocycles. The molecule has 0 aliphatic rings. The van der Waals surface area contributed by atoms with Gasteiger partial charge in [0.2, 0.25) is 0 Å². The van der Waals surface area contributed by atoms with Crippen molar-refractivity contribution in [3.05, 3.63) is 0 Å². The van der Waals surface area contributed by atoms with Gasteiger partial charge in [-0.2, -0.15) is 11.8 Å². The lowest BCUT2D eigenvalue weighted by Crippen LogP contribution is -2.34. The number of ether oxygens (including phenoxy) is 1. The molecule has 0 rings (SSSR count). The molecule has 0 heterocycles. The van der Waals surface area contributed by atoms with Crippen LogP contribution in [0.5, 0.6) is 0 Å². The van der Waals surface area contributed by atoms with E-state index in [0.29, 0.717) is 11.5 Å². The highest BCUT2D eigenvalue weighted by atomic mass is 32.2. The summed E-state index contributed by atoms with van der Waals surface area (Å²) in [6, 6.07) is -0.584. The van der Waals surface area contributed by atoms with Gasteiger partial charge in [0.05, 0.1) is 13.2 Å². The Morgan fingerprint density at radius 3 is 2.67 bits per heavy atom. The molecule has 3 N–H and O–H groups in total. The lowest BCUT2D eigenvalue weighted by molar-refractivity contribution is -0.141. The zero-order valence-electron chi connectivity index (χ0n) is 7.32. The maximum atomic E-state index is 10.8. The van der Waals surface area contributed by atoms with Gasteiger partial charge in [-0.25, -0.2) is 0 Å². The fourth-order valence-electron chi connectivity index (χ4n) is 0.585. The van der Waals surface area contributed by atoms with Crippen LogP contribution in [0.1, 0.15) is 6.92 Å². The van der Waals surface area contributed by atoms with E-state index >= 15 is 0 Å². The lowest BCUT2D eigenvalue weighted by Gasteiger charge is -2.09.